The number of hydrogen-bond donors (Lipinski definition) is 1. The summed E-state index contributed by atoms with van der Waals surface area (Å²) in [6, 6.07) is 1.88. The highest BCUT2D eigenvalue weighted by molar-refractivity contribution is 5.66. The fourth-order valence-corrected chi connectivity index (χ4v) is 2.40. The first-order chi connectivity index (χ1) is 8.65. The summed E-state index contributed by atoms with van der Waals surface area (Å²) >= 11 is 0. The highest BCUT2D eigenvalue weighted by Gasteiger charge is 2.22. The maximum Gasteiger partial charge on any atom is 0.303 e. The van der Waals surface area contributed by atoms with Crippen molar-refractivity contribution in [2.45, 2.75) is 32.6 Å². The molecule has 1 fully saturated rings. The van der Waals surface area contributed by atoms with Crippen molar-refractivity contribution < 1.29 is 9.90 Å². The van der Waals surface area contributed by atoms with E-state index in [1.807, 2.05) is 13.0 Å². The van der Waals surface area contributed by atoms with Crippen molar-refractivity contribution in [2.24, 2.45) is 5.92 Å². The third kappa shape index (κ3) is 3.42. The van der Waals surface area contributed by atoms with Gasteiger partial charge in [0.2, 0.25) is 5.95 Å². The highest BCUT2D eigenvalue weighted by Crippen LogP contribution is 2.23. The lowest BCUT2D eigenvalue weighted by Gasteiger charge is -2.32. The molecule has 98 valence electrons. The number of anilines is 1. The van der Waals surface area contributed by atoms with Gasteiger partial charge in [-0.3, -0.25) is 4.79 Å². The van der Waals surface area contributed by atoms with Gasteiger partial charge in [0.15, 0.2) is 0 Å². The molecule has 2 rings (SSSR count). The molecule has 1 N–H and O–H groups in total. The van der Waals surface area contributed by atoms with Crippen LogP contribution in [0.1, 0.15) is 31.4 Å². The fraction of sp³-hybridized carbons (Fsp3) is 0.615. The van der Waals surface area contributed by atoms with Crippen molar-refractivity contribution >= 4 is 11.9 Å². The summed E-state index contributed by atoms with van der Waals surface area (Å²) in [7, 11) is 0. The van der Waals surface area contributed by atoms with Crippen LogP contribution in [-0.2, 0) is 4.79 Å². The van der Waals surface area contributed by atoms with Gasteiger partial charge in [-0.15, -0.1) is 0 Å². The number of nitrogens with zero attached hydrogens (tertiary/aromatic N) is 3. The van der Waals surface area contributed by atoms with Gasteiger partial charge >= 0.3 is 5.97 Å². The Morgan fingerprint density at radius 3 is 3.17 bits per heavy atom. The van der Waals surface area contributed by atoms with E-state index in [-0.39, 0.29) is 6.42 Å². The van der Waals surface area contributed by atoms with Gasteiger partial charge in [-0.1, -0.05) is 0 Å². The molecule has 1 atom stereocenters. The Morgan fingerprint density at radius 2 is 2.44 bits per heavy atom. The molecule has 18 heavy (non-hydrogen) atoms. The van der Waals surface area contributed by atoms with Gasteiger partial charge in [0.25, 0.3) is 0 Å². The standard InChI is InChI=1S/C13H19N3O2/c1-10-6-7-14-13(15-10)16-8-2-3-11(9-16)4-5-12(17)18/h6-7,11H,2-5,8-9H2,1H3,(H,17,18). The van der Waals surface area contributed by atoms with E-state index in [0.29, 0.717) is 5.92 Å². The molecule has 1 aromatic rings. The number of rotatable bonds is 4. The normalized spacial score (nSPS) is 19.8. The lowest BCUT2D eigenvalue weighted by Crippen LogP contribution is -2.36. The molecular formula is C13H19N3O2. The topological polar surface area (TPSA) is 66.3 Å². The molecule has 5 nitrogen and oxygen atoms in total. The third-order valence-electron chi connectivity index (χ3n) is 3.35. The van der Waals surface area contributed by atoms with E-state index in [4.69, 9.17) is 5.11 Å². The average molecular weight is 249 g/mol. The minimum absolute atomic E-state index is 0.257. The summed E-state index contributed by atoms with van der Waals surface area (Å²) in [5.74, 6) is 0.507. The van der Waals surface area contributed by atoms with Crippen LogP contribution >= 0.6 is 0 Å². The molecule has 0 aromatic carbocycles. The van der Waals surface area contributed by atoms with E-state index in [9.17, 15) is 4.79 Å². The quantitative estimate of drug-likeness (QED) is 0.882. The maximum absolute atomic E-state index is 10.6. The average Bonchev–Trinajstić information content (AvgIpc) is 2.37. The van der Waals surface area contributed by atoms with E-state index < -0.39 is 5.97 Å². The Hall–Kier alpha value is -1.65. The molecule has 1 aliphatic heterocycles. The largest absolute Gasteiger partial charge is 0.481 e. The molecule has 0 spiro atoms. The molecule has 1 saturated heterocycles. The number of hydrogen-bond acceptors (Lipinski definition) is 4. The van der Waals surface area contributed by atoms with Crippen LogP contribution in [0.25, 0.3) is 0 Å². The Bertz CT molecular complexity index is 422. The monoisotopic (exact) mass is 249 g/mol. The Kier molecular flexibility index (Phi) is 4.12. The first-order valence-corrected chi connectivity index (χ1v) is 6.41. The molecule has 1 aliphatic rings. The number of piperidine rings is 1. The van der Waals surface area contributed by atoms with Crippen LogP contribution in [-0.4, -0.2) is 34.1 Å². The smallest absolute Gasteiger partial charge is 0.303 e. The fourth-order valence-electron chi connectivity index (χ4n) is 2.40. The van der Waals surface area contributed by atoms with Crippen molar-refractivity contribution in [2.75, 3.05) is 18.0 Å². The minimum Gasteiger partial charge on any atom is -0.481 e. The van der Waals surface area contributed by atoms with Crippen LogP contribution in [0.3, 0.4) is 0 Å². The molecule has 0 aliphatic carbocycles. The van der Waals surface area contributed by atoms with Crippen molar-refractivity contribution in [1.82, 2.24) is 9.97 Å². The number of aromatic nitrogens is 2. The molecule has 0 radical (unpaired) electrons. The van der Waals surface area contributed by atoms with E-state index in [1.165, 1.54) is 0 Å². The zero-order valence-corrected chi connectivity index (χ0v) is 10.7. The summed E-state index contributed by atoms with van der Waals surface area (Å²) in [4.78, 5) is 21.5. The molecule has 0 amide bonds. The van der Waals surface area contributed by atoms with Crippen LogP contribution in [0.5, 0.6) is 0 Å². The predicted molar refractivity (Wildman–Crippen MR) is 68.6 cm³/mol. The van der Waals surface area contributed by atoms with Crippen molar-refractivity contribution in [3.8, 4) is 0 Å². The molecular weight excluding hydrogens is 230 g/mol. The van der Waals surface area contributed by atoms with Crippen LogP contribution in [0.2, 0.25) is 0 Å². The maximum atomic E-state index is 10.6. The number of carbonyl (C=O) groups is 1. The number of aliphatic carboxylic acids is 1. The van der Waals surface area contributed by atoms with E-state index in [2.05, 4.69) is 14.9 Å². The van der Waals surface area contributed by atoms with Gasteiger partial charge in [-0.2, -0.15) is 0 Å². The number of carboxylic acids is 1. The summed E-state index contributed by atoms with van der Waals surface area (Å²) < 4.78 is 0. The zero-order valence-electron chi connectivity index (χ0n) is 10.7. The van der Waals surface area contributed by atoms with Crippen molar-refractivity contribution in [1.29, 1.82) is 0 Å². The molecule has 2 heterocycles. The highest BCUT2D eigenvalue weighted by atomic mass is 16.4. The van der Waals surface area contributed by atoms with Crippen LogP contribution < -0.4 is 4.90 Å². The van der Waals surface area contributed by atoms with E-state index in [0.717, 1.165) is 44.0 Å². The molecule has 0 saturated carbocycles. The first kappa shape index (κ1) is 12.8. The summed E-state index contributed by atoms with van der Waals surface area (Å²) in [6.07, 6.45) is 4.97. The van der Waals surface area contributed by atoms with Crippen molar-refractivity contribution in [3.63, 3.8) is 0 Å². The summed E-state index contributed by atoms with van der Waals surface area (Å²) in [5.41, 5.74) is 0.965. The second-order valence-electron chi connectivity index (χ2n) is 4.88. The third-order valence-corrected chi connectivity index (χ3v) is 3.35. The van der Waals surface area contributed by atoms with E-state index in [1.54, 1.807) is 6.20 Å². The lowest BCUT2D eigenvalue weighted by atomic mass is 9.93. The lowest BCUT2D eigenvalue weighted by molar-refractivity contribution is -0.137. The number of carboxylic acid groups (broad SMARTS) is 1. The Morgan fingerprint density at radius 1 is 1.61 bits per heavy atom. The Balaban J connectivity index is 1.96. The molecule has 5 heteroatoms. The van der Waals surface area contributed by atoms with Gasteiger partial charge < -0.3 is 10.0 Å². The van der Waals surface area contributed by atoms with Crippen LogP contribution in [0.4, 0.5) is 5.95 Å². The predicted octanol–water partition coefficient (Wildman–Crippen LogP) is 1.87. The van der Waals surface area contributed by atoms with Gasteiger partial charge in [0, 0.05) is 31.4 Å². The van der Waals surface area contributed by atoms with Gasteiger partial charge in [-0.25, -0.2) is 9.97 Å². The number of aryl methyl sites for hydroxylation is 1. The SMILES string of the molecule is Cc1ccnc(N2CCCC(CCC(=O)O)C2)n1. The van der Waals surface area contributed by atoms with E-state index >= 15 is 0 Å². The van der Waals surface area contributed by atoms with Gasteiger partial charge in [-0.05, 0) is 38.2 Å². The second kappa shape index (κ2) is 5.80. The Labute approximate surface area is 107 Å². The zero-order chi connectivity index (χ0) is 13.0. The van der Waals surface area contributed by atoms with Crippen LogP contribution in [0, 0.1) is 12.8 Å². The minimum atomic E-state index is -0.709. The molecule has 1 aromatic heterocycles. The summed E-state index contributed by atoms with van der Waals surface area (Å²) in [6.45, 7) is 3.79. The second-order valence-corrected chi connectivity index (χ2v) is 4.88. The van der Waals surface area contributed by atoms with Crippen molar-refractivity contribution in [3.05, 3.63) is 18.0 Å². The van der Waals surface area contributed by atoms with Crippen LogP contribution in [0.15, 0.2) is 12.3 Å². The van der Waals surface area contributed by atoms with Gasteiger partial charge in [0.05, 0.1) is 0 Å². The summed E-state index contributed by atoms with van der Waals surface area (Å²) in [5, 5.41) is 8.73. The molecule has 0 bridgehead atoms. The first-order valence-electron chi connectivity index (χ1n) is 6.41. The van der Waals surface area contributed by atoms with Gasteiger partial charge in [0.1, 0.15) is 0 Å². The molecule has 1 unspecified atom stereocenters.